The molecule has 0 saturated carbocycles. The Kier molecular flexibility index (Phi) is 7.23. The summed E-state index contributed by atoms with van der Waals surface area (Å²) in [6.45, 7) is 7.35. The van der Waals surface area contributed by atoms with Gasteiger partial charge in [0.1, 0.15) is 0 Å². The Bertz CT molecular complexity index is 395. The number of benzene rings is 1. The van der Waals surface area contributed by atoms with E-state index in [2.05, 4.69) is 26.1 Å². The van der Waals surface area contributed by atoms with E-state index in [1.807, 2.05) is 0 Å². The summed E-state index contributed by atoms with van der Waals surface area (Å²) in [5, 5.41) is 3.43. The van der Waals surface area contributed by atoms with E-state index in [-0.39, 0.29) is 0 Å². The van der Waals surface area contributed by atoms with E-state index in [1.165, 1.54) is 18.6 Å². The summed E-state index contributed by atoms with van der Waals surface area (Å²) in [5.41, 5.74) is 0.379. The second-order valence-electron chi connectivity index (χ2n) is 5.98. The van der Waals surface area contributed by atoms with Crippen LogP contribution < -0.4 is 5.32 Å². The van der Waals surface area contributed by atoms with E-state index >= 15 is 0 Å². The molecule has 0 spiro atoms. The minimum absolute atomic E-state index is 0.338. The molecular weight excluding hydrogens is 275 g/mol. The van der Waals surface area contributed by atoms with Gasteiger partial charge in [0.2, 0.25) is 0 Å². The van der Waals surface area contributed by atoms with Crippen molar-refractivity contribution >= 4 is 0 Å². The minimum atomic E-state index is -4.25. The zero-order chi connectivity index (χ0) is 15.9. The topological polar surface area (TPSA) is 12.0 Å². The largest absolute Gasteiger partial charge is 0.416 e. The Morgan fingerprint density at radius 2 is 1.67 bits per heavy atom. The molecule has 0 saturated heterocycles. The van der Waals surface area contributed by atoms with Gasteiger partial charge in [-0.1, -0.05) is 45.7 Å². The molecule has 1 atom stereocenters. The van der Waals surface area contributed by atoms with Crippen LogP contribution >= 0.6 is 0 Å². The molecule has 0 heterocycles. The number of likely N-dealkylation sites (N-methyl/N-ethyl adjacent to an activating group) is 1. The molecule has 0 bridgehead atoms. The van der Waals surface area contributed by atoms with E-state index in [9.17, 15) is 13.2 Å². The van der Waals surface area contributed by atoms with Crippen LogP contribution in [0.3, 0.4) is 0 Å². The first-order chi connectivity index (χ1) is 9.82. The van der Waals surface area contributed by atoms with Crippen molar-refractivity contribution in [2.75, 3.05) is 6.54 Å². The van der Waals surface area contributed by atoms with E-state index in [4.69, 9.17) is 0 Å². The van der Waals surface area contributed by atoms with Gasteiger partial charge in [-0.25, -0.2) is 0 Å². The van der Waals surface area contributed by atoms with Crippen molar-refractivity contribution in [1.82, 2.24) is 5.32 Å². The molecule has 21 heavy (non-hydrogen) atoms. The van der Waals surface area contributed by atoms with Gasteiger partial charge in [-0.2, -0.15) is 13.2 Å². The first kappa shape index (κ1) is 18.0. The van der Waals surface area contributed by atoms with Crippen molar-refractivity contribution in [3.63, 3.8) is 0 Å². The first-order valence-electron chi connectivity index (χ1n) is 7.72. The predicted octanol–water partition coefficient (Wildman–Crippen LogP) is 5.05. The third kappa shape index (κ3) is 6.98. The summed E-state index contributed by atoms with van der Waals surface area (Å²) in [6, 6.07) is 5.87. The van der Waals surface area contributed by atoms with E-state index < -0.39 is 11.7 Å². The van der Waals surface area contributed by atoms with Crippen molar-refractivity contribution in [3.05, 3.63) is 35.4 Å². The normalized spacial score (nSPS) is 13.7. The van der Waals surface area contributed by atoms with Gasteiger partial charge in [0.25, 0.3) is 0 Å². The van der Waals surface area contributed by atoms with Gasteiger partial charge in [0, 0.05) is 6.04 Å². The maximum Gasteiger partial charge on any atom is 0.416 e. The van der Waals surface area contributed by atoms with Crippen LogP contribution in [0.4, 0.5) is 13.2 Å². The Labute approximate surface area is 125 Å². The van der Waals surface area contributed by atoms with Crippen LogP contribution in [0.25, 0.3) is 0 Å². The van der Waals surface area contributed by atoms with Crippen molar-refractivity contribution in [2.24, 2.45) is 5.92 Å². The van der Waals surface area contributed by atoms with E-state index in [1.54, 1.807) is 12.1 Å². The molecule has 1 aromatic carbocycles. The lowest BCUT2D eigenvalue weighted by Crippen LogP contribution is -2.31. The lowest BCUT2D eigenvalue weighted by atomic mass is 9.97. The van der Waals surface area contributed by atoms with Gasteiger partial charge < -0.3 is 5.32 Å². The van der Waals surface area contributed by atoms with Gasteiger partial charge in [-0.3, -0.25) is 0 Å². The highest BCUT2D eigenvalue weighted by Gasteiger charge is 2.29. The molecule has 0 aliphatic rings. The highest BCUT2D eigenvalue weighted by atomic mass is 19.4. The molecule has 0 fully saturated rings. The van der Waals surface area contributed by atoms with Crippen LogP contribution in [-0.4, -0.2) is 12.6 Å². The number of alkyl halides is 3. The standard InChI is InChI=1S/C17H26F3N/c1-4-21-16(7-5-6-13(2)3)12-14-8-10-15(11-9-14)17(18,19)20/h8-11,13,16,21H,4-7,12H2,1-3H3. The van der Waals surface area contributed by atoms with Crippen LogP contribution in [0.15, 0.2) is 24.3 Å². The zero-order valence-corrected chi connectivity index (χ0v) is 13.1. The van der Waals surface area contributed by atoms with Gasteiger partial charge in [0.15, 0.2) is 0 Å². The van der Waals surface area contributed by atoms with Crippen LogP contribution in [0.2, 0.25) is 0 Å². The zero-order valence-electron chi connectivity index (χ0n) is 13.1. The van der Waals surface area contributed by atoms with Gasteiger partial charge in [0.05, 0.1) is 5.56 Å². The molecule has 120 valence electrons. The molecule has 4 heteroatoms. The average Bonchev–Trinajstić information content (AvgIpc) is 2.38. The van der Waals surface area contributed by atoms with Crippen LogP contribution in [0.1, 0.15) is 51.2 Å². The smallest absolute Gasteiger partial charge is 0.314 e. The predicted molar refractivity (Wildman–Crippen MR) is 81.3 cm³/mol. The van der Waals surface area contributed by atoms with Crippen LogP contribution in [0, 0.1) is 5.92 Å². The fraction of sp³-hybridized carbons (Fsp3) is 0.647. The summed E-state index contributed by atoms with van der Waals surface area (Å²) < 4.78 is 37.6. The minimum Gasteiger partial charge on any atom is -0.314 e. The maximum atomic E-state index is 12.5. The number of rotatable bonds is 8. The third-order valence-electron chi connectivity index (χ3n) is 3.59. The Morgan fingerprint density at radius 1 is 1.05 bits per heavy atom. The average molecular weight is 301 g/mol. The highest BCUT2D eigenvalue weighted by Crippen LogP contribution is 2.29. The molecule has 1 nitrogen and oxygen atoms in total. The third-order valence-corrected chi connectivity index (χ3v) is 3.59. The summed E-state index contributed by atoms with van der Waals surface area (Å²) in [6.07, 6.45) is -0.0706. The van der Waals surface area contributed by atoms with Crippen LogP contribution in [0.5, 0.6) is 0 Å². The second kappa shape index (κ2) is 8.42. The maximum absolute atomic E-state index is 12.5. The SMILES string of the molecule is CCNC(CCCC(C)C)Cc1ccc(C(F)(F)F)cc1. The fourth-order valence-electron chi connectivity index (χ4n) is 2.45. The van der Waals surface area contributed by atoms with Crippen molar-refractivity contribution < 1.29 is 13.2 Å². The lowest BCUT2D eigenvalue weighted by Gasteiger charge is -2.19. The quantitative estimate of drug-likeness (QED) is 0.708. The molecule has 0 aliphatic heterocycles. The van der Waals surface area contributed by atoms with Crippen LogP contribution in [-0.2, 0) is 12.6 Å². The number of hydrogen-bond acceptors (Lipinski definition) is 1. The Morgan fingerprint density at radius 3 is 2.14 bits per heavy atom. The molecular formula is C17H26F3N. The van der Waals surface area contributed by atoms with E-state index in [0.29, 0.717) is 12.0 Å². The summed E-state index contributed by atoms with van der Waals surface area (Å²) >= 11 is 0. The number of halogens is 3. The molecule has 0 aromatic heterocycles. The van der Waals surface area contributed by atoms with Gasteiger partial charge >= 0.3 is 6.18 Å². The first-order valence-corrected chi connectivity index (χ1v) is 7.72. The molecule has 0 amide bonds. The molecule has 1 unspecified atom stereocenters. The number of hydrogen-bond donors (Lipinski definition) is 1. The highest BCUT2D eigenvalue weighted by molar-refractivity contribution is 5.25. The molecule has 0 aliphatic carbocycles. The Balaban J connectivity index is 2.58. The second-order valence-corrected chi connectivity index (χ2v) is 5.98. The van der Waals surface area contributed by atoms with Crippen molar-refractivity contribution in [1.29, 1.82) is 0 Å². The van der Waals surface area contributed by atoms with Gasteiger partial charge in [-0.15, -0.1) is 0 Å². The molecule has 1 N–H and O–H groups in total. The number of nitrogens with one attached hydrogen (secondary N) is 1. The lowest BCUT2D eigenvalue weighted by molar-refractivity contribution is -0.137. The summed E-state index contributed by atoms with van der Waals surface area (Å²) in [4.78, 5) is 0. The molecule has 0 radical (unpaired) electrons. The molecule has 1 rings (SSSR count). The van der Waals surface area contributed by atoms with Crippen molar-refractivity contribution in [2.45, 2.75) is 58.7 Å². The summed E-state index contributed by atoms with van der Waals surface area (Å²) in [7, 11) is 0. The van der Waals surface area contributed by atoms with Gasteiger partial charge in [-0.05, 0) is 43.0 Å². The van der Waals surface area contributed by atoms with Crippen molar-refractivity contribution in [3.8, 4) is 0 Å². The monoisotopic (exact) mass is 301 g/mol. The van der Waals surface area contributed by atoms with E-state index in [0.717, 1.165) is 31.4 Å². The molecule has 1 aromatic rings. The summed E-state index contributed by atoms with van der Waals surface area (Å²) in [5.74, 6) is 0.693. The fourth-order valence-corrected chi connectivity index (χ4v) is 2.45. The Hall–Kier alpha value is -1.03.